The lowest BCUT2D eigenvalue weighted by Gasteiger charge is -2.21. The van der Waals surface area contributed by atoms with Gasteiger partial charge in [-0.15, -0.1) is 0 Å². The Balaban J connectivity index is 1.31. The molecule has 0 bridgehead atoms. The molecule has 5 rings (SSSR count). The van der Waals surface area contributed by atoms with Gasteiger partial charge in [-0.25, -0.2) is 19.3 Å². The number of carbonyl (C=O) groups is 1. The molecule has 1 fully saturated rings. The average molecular weight is 452 g/mol. The van der Waals surface area contributed by atoms with Gasteiger partial charge in [0.2, 0.25) is 5.91 Å². The third-order valence-electron chi connectivity index (χ3n) is 5.70. The Kier molecular flexibility index (Phi) is 5.54. The zero-order valence-electron chi connectivity index (χ0n) is 17.2. The van der Waals surface area contributed by atoms with E-state index < -0.39 is 0 Å². The number of hydrogen-bond acceptors (Lipinski definition) is 7. The molecular weight excluding hydrogens is 429 g/mol. The van der Waals surface area contributed by atoms with E-state index in [4.69, 9.17) is 5.73 Å². The second-order valence-corrected chi connectivity index (χ2v) is 8.78. The summed E-state index contributed by atoms with van der Waals surface area (Å²) in [5, 5.41) is 3.94. The van der Waals surface area contributed by atoms with Gasteiger partial charge in [-0.2, -0.15) is 0 Å². The van der Waals surface area contributed by atoms with Crippen molar-refractivity contribution in [2.24, 2.45) is 5.73 Å². The zero-order chi connectivity index (χ0) is 22.1. The molecule has 0 spiro atoms. The van der Waals surface area contributed by atoms with E-state index in [0.29, 0.717) is 17.5 Å². The number of hydrogen-bond donors (Lipinski definition) is 2. The minimum atomic E-state index is -0.263. The highest BCUT2D eigenvalue weighted by Gasteiger charge is 2.28. The van der Waals surface area contributed by atoms with E-state index in [2.05, 4.69) is 29.7 Å². The quantitative estimate of drug-likeness (QED) is 0.447. The molecule has 1 aliphatic heterocycles. The van der Waals surface area contributed by atoms with E-state index in [9.17, 15) is 9.18 Å². The average Bonchev–Trinajstić information content (AvgIpc) is 3.52. The van der Waals surface area contributed by atoms with E-state index in [1.165, 1.54) is 23.5 Å². The van der Waals surface area contributed by atoms with Crippen LogP contribution in [0.3, 0.4) is 0 Å². The fourth-order valence-corrected chi connectivity index (χ4v) is 4.88. The summed E-state index contributed by atoms with van der Waals surface area (Å²) in [6.45, 7) is 2.32. The molecule has 4 heterocycles. The Morgan fingerprint density at radius 1 is 1.19 bits per heavy atom. The van der Waals surface area contributed by atoms with Gasteiger partial charge in [0.15, 0.2) is 5.13 Å². The SMILES string of the molecule is NC(=O)C1CCCN1CCn1cnc2cnc(Nc3ncc(-c4ccc(F)cc4)s3)cc21. The number of imidazole rings is 1. The summed E-state index contributed by atoms with van der Waals surface area (Å²) in [6, 6.07) is 8.11. The number of amides is 1. The fourth-order valence-electron chi connectivity index (χ4n) is 4.05. The van der Waals surface area contributed by atoms with Gasteiger partial charge in [0.1, 0.15) is 17.2 Å². The molecule has 1 aliphatic rings. The first-order chi connectivity index (χ1) is 15.6. The van der Waals surface area contributed by atoms with Gasteiger partial charge < -0.3 is 15.6 Å². The Hall–Kier alpha value is -3.37. The molecule has 0 aliphatic carbocycles. The lowest BCUT2D eigenvalue weighted by molar-refractivity contribution is -0.122. The van der Waals surface area contributed by atoms with Crippen molar-refractivity contribution in [1.82, 2.24) is 24.4 Å². The molecular formula is C22H22FN7OS. The molecule has 1 unspecified atom stereocenters. The maximum Gasteiger partial charge on any atom is 0.234 e. The summed E-state index contributed by atoms with van der Waals surface area (Å²) in [6.07, 6.45) is 7.09. The highest BCUT2D eigenvalue weighted by molar-refractivity contribution is 7.18. The molecule has 3 N–H and O–H groups in total. The Bertz CT molecular complexity index is 1250. The molecule has 164 valence electrons. The minimum absolute atomic E-state index is 0.177. The van der Waals surface area contributed by atoms with Crippen molar-refractivity contribution < 1.29 is 9.18 Å². The van der Waals surface area contributed by atoms with Crippen molar-refractivity contribution in [3.63, 3.8) is 0 Å². The second-order valence-electron chi connectivity index (χ2n) is 7.75. The van der Waals surface area contributed by atoms with Crippen LogP contribution in [0, 0.1) is 5.82 Å². The maximum absolute atomic E-state index is 13.2. The maximum atomic E-state index is 13.2. The van der Waals surface area contributed by atoms with Crippen molar-refractivity contribution in [3.05, 3.63) is 54.9 Å². The van der Waals surface area contributed by atoms with E-state index in [-0.39, 0.29) is 17.8 Å². The van der Waals surface area contributed by atoms with E-state index in [1.807, 2.05) is 6.07 Å². The highest BCUT2D eigenvalue weighted by Crippen LogP contribution is 2.31. The normalized spacial score (nSPS) is 16.6. The lowest BCUT2D eigenvalue weighted by Crippen LogP contribution is -2.41. The zero-order valence-corrected chi connectivity index (χ0v) is 18.1. The number of benzene rings is 1. The number of nitrogens with two attached hydrogens (primary N) is 1. The van der Waals surface area contributed by atoms with Crippen LogP contribution in [0.25, 0.3) is 21.5 Å². The predicted molar refractivity (Wildman–Crippen MR) is 122 cm³/mol. The van der Waals surface area contributed by atoms with Gasteiger partial charge in [-0.3, -0.25) is 9.69 Å². The third-order valence-corrected chi connectivity index (χ3v) is 6.66. The first-order valence-corrected chi connectivity index (χ1v) is 11.2. The summed E-state index contributed by atoms with van der Waals surface area (Å²) < 4.78 is 15.2. The first-order valence-electron chi connectivity index (χ1n) is 10.4. The van der Waals surface area contributed by atoms with Crippen molar-refractivity contribution in [3.8, 4) is 10.4 Å². The fraction of sp³-hybridized carbons (Fsp3) is 0.273. The first kappa shape index (κ1) is 20.5. The number of nitrogens with one attached hydrogen (secondary N) is 1. The molecule has 4 aromatic rings. The topological polar surface area (TPSA) is 102 Å². The van der Waals surface area contributed by atoms with Gasteiger partial charge in [0.25, 0.3) is 0 Å². The molecule has 1 atom stereocenters. The van der Waals surface area contributed by atoms with Crippen molar-refractivity contribution in [2.75, 3.05) is 18.4 Å². The highest BCUT2D eigenvalue weighted by atomic mass is 32.1. The number of nitrogens with zero attached hydrogens (tertiary/aromatic N) is 5. The Morgan fingerprint density at radius 2 is 2.03 bits per heavy atom. The van der Waals surface area contributed by atoms with Crippen LogP contribution in [0.4, 0.5) is 15.3 Å². The summed E-state index contributed by atoms with van der Waals surface area (Å²) >= 11 is 1.47. The number of halogens is 1. The molecule has 10 heteroatoms. The number of aromatic nitrogens is 4. The Morgan fingerprint density at radius 3 is 2.84 bits per heavy atom. The monoisotopic (exact) mass is 451 g/mol. The number of thiazole rings is 1. The summed E-state index contributed by atoms with van der Waals surface area (Å²) in [4.78, 5) is 28.0. The van der Waals surface area contributed by atoms with Crippen LogP contribution in [-0.4, -0.2) is 49.5 Å². The number of fused-ring (bicyclic) bond motifs is 1. The van der Waals surface area contributed by atoms with Crippen LogP contribution in [0.5, 0.6) is 0 Å². The smallest absolute Gasteiger partial charge is 0.234 e. The largest absolute Gasteiger partial charge is 0.368 e. The van der Waals surface area contributed by atoms with E-state index >= 15 is 0 Å². The Labute approximate surface area is 187 Å². The summed E-state index contributed by atoms with van der Waals surface area (Å²) in [5.74, 6) is 0.146. The van der Waals surface area contributed by atoms with Gasteiger partial charge in [-0.1, -0.05) is 23.5 Å². The van der Waals surface area contributed by atoms with Gasteiger partial charge >= 0.3 is 0 Å². The number of carbonyl (C=O) groups excluding carboxylic acids is 1. The minimum Gasteiger partial charge on any atom is -0.368 e. The van der Waals surface area contributed by atoms with Crippen LogP contribution in [0.1, 0.15) is 12.8 Å². The number of anilines is 2. The molecule has 1 amide bonds. The second kappa shape index (κ2) is 8.64. The van der Waals surface area contributed by atoms with Crippen LogP contribution in [0.15, 0.2) is 49.1 Å². The van der Waals surface area contributed by atoms with Gasteiger partial charge in [-0.05, 0) is 37.1 Å². The molecule has 0 saturated carbocycles. The van der Waals surface area contributed by atoms with Crippen LogP contribution in [-0.2, 0) is 11.3 Å². The number of rotatable bonds is 7. The van der Waals surface area contributed by atoms with Gasteiger partial charge in [0, 0.05) is 25.4 Å². The lowest BCUT2D eigenvalue weighted by atomic mass is 10.2. The summed E-state index contributed by atoms with van der Waals surface area (Å²) in [5.41, 5.74) is 8.19. The van der Waals surface area contributed by atoms with Crippen molar-refractivity contribution >= 4 is 39.2 Å². The number of pyridine rings is 1. The van der Waals surface area contributed by atoms with Gasteiger partial charge in [0.05, 0.1) is 29.0 Å². The molecule has 0 radical (unpaired) electrons. The molecule has 1 aromatic carbocycles. The van der Waals surface area contributed by atoms with Crippen molar-refractivity contribution in [2.45, 2.75) is 25.4 Å². The van der Waals surface area contributed by atoms with Crippen LogP contribution >= 0.6 is 11.3 Å². The predicted octanol–water partition coefficient (Wildman–Crippen LogP) is 3.39. The number of likely N-dealkylation sites (tertiary alicyclic amines) is 1. The molecule has 3 aromatic heterocycles. The standard InChI is InChI=1S/C22H22FN7OS/c23-15-5-3-14(4-6-15)19-12-26-22(32-19)28-20-10-18-16(11-25-20)27-13-30(18)9-8-29-7-1-2-17(29)21(24)31/h3-6,10-13,17H,1-2,7-9H2,(H2,24,31)(H,25,26,28). The van der Waals surface area contributed by atoms with Crippen LogP contribution in [0.2, 0.25) is 0 Å². The van der Waals surface area contributed by atoms with E-state index in [1.54, 1.807) is 30.9 Å². The van der Waals surface area contributed by atoms with Crippen LogP contribution < -0.4 is 11.1 Å². The van der Waals surface area contributed by atoms with E-state index in [0.717, 1.165) is 47.4 Å². The molecule has 32 heavy (non-hydrogen) atoms. The molecule has 8 nitrogen and oxygen atoms in total. The summed E-state index contributed by atoms with van der Waals surface area (Å²) in [7, 11) is 0. The number of primary amides is 1. The molecule has 1 saturated heterocycles. The van der Waals surface area contributed by atoms with Crippen molar-refractivity contribution in [1.29, 1.82) is 0 Å². The third kappa shape index (κ3) is 4.19.